The molecular formula is C14H16FN5O. The number of nitrogens with zero attached hydrogens (tertiary/aromatic N) is 5. The molecule has 2 aromatic rings. The van der Waals surface area contributed by atoms with E-state index in [-0.39, 0.29) is 5.91 Å². The lowest BCUT2D eigenvalue weighted by atomic mass is 10.2. The number of piperazine rings is 1. The van der Waals surface area contributed by atoms with Crippen molar-refractivity contribution < 1.29 is 9.18 Å². The summed E-state index contributed by atoms with van der Waals surface area (Å²) in [6.45, 7) is 2.68. The van der Waals surface area contributed by atoms with Crippen LogP contribution < -0.4 is 4.90 Å². The summed E-state index contributed by atoms with van der Waals surface area (Å²) in [5, 5.41) is 4.15. The minimum absolute atomic E-state index is 0.173. The fraction of sp³-hybridized carbons (Fsp3) is 0.357. The van der Waals surface area contributed by atoms with Gasteiger partial charge in [0.25, 0.3) is 5.91 Å². The molecular weight excluding hydrogens is 273 g/mol. The molecule has 1 fully saturated rings. The van der Waals surface area contributed by atoms with Crippen molar-refractivity contribution >= 4 is 11.6 Å². The van der Waals surface area contributed by atoms with Gasteiger partial charge in [-0.2, -0.15) is 5.10 Å². The van der Waals surface area contributed by atoms with Crippen LogP contribution in [0.2, 0.25) is 0 Å². The molecule has 0 bridgehead atoms. The largest absolute Gasteiger partial charge is 0.365 e. The SMILES string of the molecule is Cn1cc(N2CCN(C(=O)c3cncc(F)c3)CC2)cn1. The lowest BCUT2D eigenvalue weighted by molar-refractivity contribution is 0.0746. The normalized spacial score (nSPS) is 15.3. The molecule has 0 unspecified atom stereocenters. The van der Waals surface area contributed by atoms with E-state index in [0.29, 0.717) is 18.7 Å². The van der Waals surface area contributed by atoms with Gasteiger partial charge in [-0.3, -0.25) is 14.5 Å². The number of rotatable bonds is 2. The van der Waals surface area contributed by atoms with Crippen LogP contribution in [-0.2, 0) is 7.05 Å². The number of aryl methyl sites for hydroxylation is 1. The molecule has 0 N–H and O–H groups in total. The molecule has 0 radical (unpaired) electrons. The van der Waals surface area contributed by atoms with Gasteiger partial charge in [0.2, 0.25) is 0 Å². The molecule has 2 aromatic heterocycles. The highest BCUT2D eigenvalue weighted by Crippen LogP contribution is 2.16. The van der Waals surface area contributed by atoms with E-state index in [1.165, 1.54) is 12.3 Å². The molecule has 1 saturated heterocycles. The fourth-order valence-electron chi connectivity index (χ4n) is 2.45. The van der Waals surface area contributed by atoms with Crippen LogP contribution in [0.3, 0.4) is 0 Å². The van der Waals surface area contributed by atoms with Gasteiger partial charge in [0.05, 0.1) is 23.6 Å². The lowest BCUT2D eigenvalue weighted by Crippen LogP contribution is -2.48. The second-order valence-electron chi connectivity index (χ2n) is 5.04. The van der Waals surface area contributed by atoms with Crippen molar-refractivity contribution in [1.82, 2.24) is 19.7 Å². The van der Waals surface area contributed by atoms with Gasteiger partial charge in [-0.25, -0.2) is 4.39 Å². The van der Waals surface area contributed by atoms with Gasteiger partial charge in [-0.15, -0.1) is 0 Å². The van der Waals surface area contributed by atoms with Gasteiger partial charge in [0.1, 0.15) is 5.82 Å². The van der Waals surface area contributed by atoms with Crippen LogP contribution in [0, 0.1) is 5.82 Å². The maximum Gasteiger partial charge on any atom is 0.255 e. The standard InChI is InChI=1S/C14H16FN5O/c1-18-10-13(9-17-18)19-2-4-20(5-3-19)14(21)11-6-12(15)8-16-7-11/h6-10H,2-5H2,1H3. The molecule has 0 spiro atoms. The first-order valence-electron chi connectivity index (χ1n) is 6.77. The van der Waals surface area contributed by atoms with E-state index in [1.54, 1.807) is 9.58 Å². The Balaban J connectivity index is 1.64. The van der Waals surface area contributed by atoms with Crippen molar-refractivity contribution in [2.24, 2.45) is 7.05 Å². The highest BCUT2D eigenvalue weighted by molar-refractivity contribution is 5.94. The van der Waals surface area contributed by atoms with E-state index >= 15 is 0 Å². The van der Waals surface area contributed by atoms with Crippen molar-refractivity contribution in [3.8, 4) is 0 Å². The number of carbonyl (C=O) groups excluding carboxylic acids is 1. The van der Waals surface area contributed by atoms with Crippen LogP contribution in [0.25, 0.3) is 0 Å². The topological polar surface area (TPSA) is 54.3 Å². The van der Waals surface area contributed by atoms with Crippen LogP contribution in [0.4, 0.5) is 10.1 Å². The van der Waals surface area contributed by atoms with Crippen molar-refractivity contribution in [2.75, 3.05) is 31.1 Å². The van der Waals surface area contributed by atoms with Crippen LogP contribution >= 0.6 is 0 Å². The van der Waals surface area contributed by atoms with E-state index in [1.807, 2.05) is 19.4 Å². The van der Waals surface area contributed by atoms with E-state index in [2.05, 4.69) is 15.0 Å². The number of amides is 1. The van der Waals surface area contributed by atoms with Crippen LogP contribution in [0.1, 0.15) is 10.4 Å². The molecule has 0 aliphatic carbocycles. The summed E-state index contributed by atoms with van der Waals surface area (Å²) in [5.74, 6) is -0.664. The van der Waals surface area contributed by atoms with Crippen molar-refractivity contribution in [3.05, 3.63) is 42.2 Å². The molecule has 0 saturated carbocycles. The monoisotopic (exact) mass is 289 g/mol. The molecule has 3 rings (SSSR count). The van der Waals surface area contributed by atoms with Crippen molar-refractivity contribution in [2.45, 2.75) is 0 Å². The van der Waals surface area contributed by atoms with Gasteiger partial charge in [0, 0.05) is 45.6 Å². The number of pyridine rings is 1. The van der Waals surface area contributed by atoms with Crippen LogP contribution in [-0.4, -0.2) is 51.8 Å². The van der Waals surface area contributed by atoms with Gasteiger partial charge in [0.15, 0.2) is 0 Å². The number of hydrogen-bond donors (Lipinski definition) is 0. The lowest BCUT2D eigenvalue weighted by Gasteiger charge is -2.35. The maximum absolute atomic E-state index is 13.1. The summed E-state index contributed by atoms with van der Waals surface area (Å²) in [6.07, 6.45) is 6.26. The third-order valence-electron chi connectivity index (χ3n) is 3.58. The molecule has 3 heterocycles. The zero-order valence-electron chi connectivity index (χ0n) is 11.7. The average molecular weight is 289 g/mol. The Labute approximate surface area is 121 Å². The highest BCUT2D eigenvalue weighted by Gasteiger charge is 2.23. The number of anilines is 1. The summed E-state index contributed by atoms with van der Waals surface area (Å²) in [5.41, 5.74) is 1.35. The zero-order valence-corrected chi connectivity index (χ0v) is 11.7. The first-order chi connectivity index (χ1) is 10.1. The third kappa shape index (κ3) is 2.86. The van der Waals surface area contributed by atoms with E-state index in [0.717, 1.165) is 25.0 Å². The zero-order chi connectivity index (χ0) is 14.8. The molecule has 1 amide bonds. The summed E-state index contributed by atoms with van der Waals surface area (Å²) in [4.78, 5) is 19.9. The number of carbonyl (C=O) groups is 1. The first kappa shape index (κ1) is 13.5. The van der Waals surface area contributed by atoms with Crippen LogP contribution in [0.5, 0.6) is 0 Å². The summed E-state index contributed by atoms with van der Waals surface area (Å²) >= 11 is 0. The summed E-state index contributed by atoms with van der Waals surface area (Å²) in [6, 6.07) is 1.23. The van der Waals surface area contributed by atoms with Crippen LogP contribution in [0.15, 0.2) is 30.9 Å². The molecule has 21 heavy (non-hydrogen) atoms. The second kappa shape index (κ2) is 5.51. The highest BCUT2D eigenvalue weighted by atomic mass is 19.1. The Hall–Kier alpha value is -2.44. The first-order valence-corrected chi connectivity index (χ1v) is 6.77. The third-order valence-corrected chi connectivity index (χ3v) is 3.58. The Morgan fingerprint density at radius 3 is 2.57 bits per heavy atom. The predicted molar refractivity (Wildman–Crippen MR) is 75.5 cm³/mol. The van der Waals surface area contributed by atoms with E-state index in [9.17, 15) is 9.18 Å². The molecule has 6 nitrogen and oxygen atoms in total. The molecule has 1 aliphatic rings. The smallest absolute Gasteiger partial charge is 0.255 e. The van der Waals surface area contributed by atoms with E-state index in [4.69, 9.17) is 0 Å². The van der Waals surface area contributed by atoms with Crippen molar-refractivity contribution in [3.63, 3.8) is 0 Å². The minimum Gasteiger partial charge on any atom is -0.365 e. The van der Waals surface area contributed by atoms with Gasteiger partial charge < -0.3 is 9.80 Å². The van der Waals surface area contributed by atoms with Gasteiger partial charge in [-0.05, 0) is 6.07 Å². The summed E-state index contributed by atoms with van der Waals surface area (Å²) in [7, 11) is 1.88. The molecule has 0 aromatic carbocycles. The Morgan fingerprint density at radius 2 is 1.95 bits per heavy atom. The molecule has 0 atom stereocenters. The number of halogens is 1. The fourth-order valence-corrected chi connectivity index (χ4v) is 2.45. The molecule has 7 heteroatoms. The molecule has 1 aliphatic heterocycles. The Kier molecular flexibility index (Phi) is 3.55. The Morgan fingerprint density at radius 1 is 1.19 bits per heavy atom. The van der Waals surface area contributed by atoms with Gasteiger partial charge in [-0.1, -0.05) is 0 Å². The number of hydrogen-bond acceptors (Lipinski definition) is 4. The van der Waals surface area contributed by atoms with Crippen molar-refractivity contribution in [1.29, 1.82) is 0 Å². The molecule has 110 valence electrons. The summed E-state index contributed by atoms with van der Waals surface area (Å²) < 4.78 is 14.9. The predicted octanol–water partition coefficient (Wildman–Crippen LogP) is 0.917. The number of aromatic nitrogens is 3. The van der Waals surface area contributed by atoms with Gasteiger partial charge >= 0.3 is 0 Å². The Bertz CT molecular complexity index is 648. The minimum atomic E-state index is -0.491. The van der Waals surface area contributed by atoms with E-state index < -0.39 is 5.82 Å². The second-order valence-corrected chi connectivity index (χ2v) is 5.04. The maximum atomic E-state index is 13.1. The average Bonchev–Trinajstić information content (AvgIpc) is 2.93. The quantitative estimate of drug-likeness (QED) is 0.825.